The van der Waals surface area contributed by atoms with Gasteiger partial charge in [-0.05, 0) is 24.3 Å². The van der Waals surface area contributed by atoms with Gasteiger partial charge < -0.3 is 4.74 Å². The quantitative estimate of drug-likeness (QED) is 0.396. The summed E-state index contributed by atoms with van der Waals surface area (Å²) in [5, 5.41) is 5.93. The molecule has 1 N–H and O–H groups in total. The summed E-state index contributed by atoms with van der Waals surface area (Å²) in [6.07, 6.45) is -4.45. The second-order valence-electron chi connectivity index (χ2n) is 8.14. The maximum absolute atomic E-state index is 13.2. The first-order valence-corrected chi connectivity index (χ1v) is 11.9. The number of halogens is 3. The van der Waals surface area contributed by atoms with Gasteiger partial charge in [-0.2, -0.15) is 13.2 Å². The fourth-order valence-electron chi connectivity index (χ4n) is 3.94. The standard InChI is InChI=1S/C25H21F3N4O2S/c26-25(27,28)18-5-1-4-17(13-18)21-8-7-16-3-2-6-20(22(16)30-21)23(33)31-24-29-19(15-35-24)14-32-9-11-34-12-10-32/h1-8,13,15H,9-12,14H2,(H,29,31,33). The highest BCUT2D eigenvalue weighted by molar-refractivity contribution is 7.14. The van der Waals surface area contributed by atoms with Crippen LogP contribution in [-0.4, -0.2) is 47.1 Å². The Kier molecular flexibility index (Phi) is 6.50. The van der Waals surface area contributed by atoms with Crippen LogP contribution >= 0.6 is 11.3 Å². The maximum Gasteiger partial charge on any atom is 0.416 e. The summed E-state index contributed by atoms with van der Waals surface area (Å²) in [6, 6.07) is 13.6. The second kappa shape index (κ2) is 9.73. The molecule has 180 valence electrons. The molecule has 5 rings (SSSR count). The molecule has 0 atom stereocenters. The zero-order valence-electron chi connectivity index (χ0n) is 18.5. The van der Waals surface area contributed by atoms with Gasteiger partial charge >= 0.3 is 6.18 Å². The molecule has 0 unspecified atom stereocenters. The zero-order valence-corrected chi connectivity index (χ0v) is 19.3. The number of thiazole rings is 1. The molecule has 1 aliphatic rings. The Morgan fingerprint density at radius 3 is 2.66 bits per heavy atom. The van der Waals surface area contributed by atoms with Gasteiger partial charge in [0.25, 0.3) is 5.91 Å². The van der Waals surface area contributed by atoms with Crippen LogP contribution in [0, 0.1) is 0 Å². The van der Waals surface area contributed by atoms with E-state index in [-0.39, 0.29) is 5.91 Å². The minimum absolute atomic E-state index is 0.321. The largest absolute Gasteiger partial charge is 0.416 e. The summed E-state index contributed by atoms with van der Waals surface area (Å²) in [7, 11) is 0. The maximum atomic E-state index is 13.2. The van der Waals surface area contributed by atoms with Gasteiger partial charge in [-0.25, -0.2) is 9.97 Å². The minimum atomic E-state index is -4.45. The van der Waals surface area contributed by atoms with Crippen molar-refractivity contribution >= 4 is 33.3 Å². The first-order valence-electron chi connectivity index (χ1n) is 11.0. The predicted octanol–water partition coefficient (Wildman–Crippen LogP) is 5.46. The second-order valence-corrected chi connectivity index (χ2v) is 9.00. The first-order chi connectivity index (χ1) is 16.9. The third-order valence-corrected chi connectivity index (χ3v) is 6.52. The fourth-order valence-corrected chi connectivity index (χ4v) is 4.63. The summed E-state index contributed by atoms with van der Waals surface area (Å²) in [6.45, 7) is 3.77. The Hall–Kier alpha value is -3.34. The van der Waals surface area contributed by atoms with E-state index in [0.717, 1.165) is 30.9 Å². The molecule has 0 spiro atoms. The van der Waals surface area contributed by atoms with Gasteiger partial charge in [-0.1, -0.05) is 30.3 Å². The number of anilines is 1. The van der Waals surface area contributed by atoms with Crippen molar-refractivity contribution in [1.29, 1.82) is 0 Å². The van der Waals surface area contributed by atoms with E-state index < -0.39 is 11.7 Å². The fraction of sp³-hybridized carbons (Fsp3) is 0.240. The topological polar surface area (TPSA) is 67.4 Å². The number of fused-ring (bicyclic) bond motifs is 1. The van der Waals surface area contributed by atoms with Gasteiger partial charge in [0.15, 0.2) is 5.13 Å². The SMILES string of the molecule is O=C(Nc1nc(CN2CCOCC2)cs1)c1cccc2ccc(-c3cccc(C(F)(F)F)c3)nc12. The van der Waals surface area contributed by atoms with E-state index in [4.69, 9.17) is 4.74 Å². The smallest absolute Gasteiger partial charge is 0.379 e. The molecule has 1 saturated heterocycles. The zero-order chi connectivity index (χ0) is 24.4. The highest BCUT2D eigenvalue weighted by atomic mass is 32.1. The number of nitrogens with one attached hydrogen (secondary N) is 1. The number of pyridine rings is 1. The van der Waals surface area contributed by atoms with E-state index in [2.05, 4.69) is 20.2 Å². The van der Waals surface area contributed by atoms with E-state index in [1.54, 1.807) is 36.4 Å². The number of hydrogen-bond donors (Lipinski definition) is 1. The molecular formula is C25H21F3N4O2S. The van der Waals surface area contributed by atoms with Crippen LogP contribution in [0.1, 0.15) is 21.6 Å². The molecule has 10 heteroatoms. The van der Waals surface area contributed by atoms with Crippen molar-refractivity contribution in [2.24, 2.45) is 0 Å². The minimum Gasteiger partial charge on any atom is -0.379 e. The number of para-hydroxylation sites is 1. The molecule has 3 heterocycles. The van der Waals surface area contributed by atoms with Gasteiger partial charge in [0.05, 0.1) is 41.2 Å². The van der Waals surface area contributed by atoms with Crippen LogP contribution in [0.15, 0.2) is 60.0 Å². The molecule has 0 radical (unpaired) electrons. The number of morpholine rings is 1. The third kappa shape index (κ3) is 5.34. The molecule has 1 amide bonds. The molecule has 2 aromatic heterocycles. The molecule has 0 bridgehead atoms. The number of rotatable bonds is 5. The summed E-state index contributed by atoms with van der Waals surface area (Å²) >= 11 is 1.34. The van der Waals surface area contributed by atoms with E-state index in [1.165, 1.54) is 17.4 Å². The van der Waals surface area contributed by atoms with Crippen molar-refractivity contribution in [2.75, 3.05) is 31.6 Å². The Balaban J connectivity index is 1.39. The highest BCUT2D eigenvalue weighted by Crippen LogP contribution is 2.32. The lowest BCUT2D eigenvalue weighted by atomic mass is 10.0. The van der Waals surface area contributed by atoms with Crippen molar-refractivity contribution in [1.82, 2.24) is 14.9 Å². The number of carbonyl (C=O) groups excluding carboxylic acids is 1. The lowest BCUT2D eigenvalue weighted by molar-refractivity contribution is -0.137. The van der Waals surface area contributed by atoms with Gasteiger partial charge in [-0.15, -0.1) is 11.3 Å². The number of nitrogens with zero attached hydrogens (tertiary/aromatic N) is 3. The van der Waals surface area contributed by atoms with E-state index in [1.807, 2.05) is 5.38 Å². The van der Waals surface area contributed by atoms with Crippen molar-refractivity contribution in [3.8, 4) is 11.3 Å². The molecule has 6 nitrogen and oxygen atoms in total. The van der Waals surface area contributed by atoms with Crippen LogP contribution in [-0.2, 0) is 17.5 Å². The van der Waals surface area contributed by atoms with Crippen molar-refractivity contribution < 1.29 is 22.7 Å². The van der Waals surface area contributed by atoms with E-state index in [0.29, 0.717) is 52.6 Å². The molecule has 1 aliphatic heterocycles. The van der Waals surface area contributed by atoms with Crippen LogP contribution < -0.4 is 5.32 Å². The van der Waals surface area contributed by atoms with Crippen molar-refractivity contribution in [3.05, 3.63) is 76.8 Å². The molecule has 0 aliphatic carbocycles. The lowest BCUT2D eigenvalue weighted by Gasteiger charge is -2.25. The molecule has 4 aromatic rings. The number of carbonyl (C=O) groups is 1. The Morgan fingerprint density at radius 2 is 1.86 bits per heavy atom. The number of aromatic nitrogens is 2. The lowest BCUT2D eigenvalue weighted by Crippen LogP contribution is -2.35. The molecular weight excluding hydrogens is 477 g/mol. The molecule has 2 aromatic carbocycles. The van der Waals surface area contributed by atoms with Crippen LogP contribution in [0.3, 0.4) is 0 Å². The predicted molar refractivity (Wildman–Crippen MR) is 128 cm³/mol. The Bertz CT molecular complexity index is 1370. The third-order valence-electron chi connectivity index (χ3n) is 5.71. The van der Waals surface area contributed by atoms with Crippen LogP contribution in [0.25, 0.3) is 22.2 Å². The number of hydrogen-bond acceptors (Lipinski definition) is 6. The average molecular weight is 499 g/mol. The summed E-state index contributed by atoms with van der Waals surface area (Å²) in [4.78, 5) is 24.4. The molecule has 35 heavy (non-hydrogen) atoms. The van der Waals surface area contributed by atoms with Crippen molar-refractivity contribution in [3.63, 3.8) is 0 Å². The Morgan fingerprint density at radius 1 is 1.06 bits per heavy atom. The van der Waals surface area contributed by atoms with Gasteiger partial charge in [0.1, 0.15) is 0 Å². The normalized spacial score (nSPS) is 14.8. The monoisotopic (exact) mass is 498 g/mol. The van der Waals surface area contributed by atoms with Crippen LogP contribution in [0.5, 0.6) is 0 Å². The number of benzene rings is 2. The van der Waals surface area contributed by atoms with Gasteiger partial charge in [0.2, 0.25) is 0 Å². The number of alkyl halides is 3. The van der Waals surface area contributed by atoms with Crippen molar-refractivity contribution in [2.45, 2.75) is 12.7 Å². The van der Waals surface area contributed by atoms with Crippen LogP contribution in [0.4, 0.5) is 18.3 Å². The van der Waals surface area contributed by atoms with E-state index >= 15 is 0 Å². The summed E-state index contributed by atoms with van der Waals surface area (Å²) in [5.41, 5.74) is 1.52. The molecule has 0 saturated carbocycles. The number of ether oxygens (including phenoxy) is 1. The molecule has 1 fully saturated rings. The van der Waals surface area contributed by atoms with Crippen LogP contribution in [0.2, 0.25) is 0 Å². The summed E-state index contributed by atoms with van der Waals surface area (Å²) in [5.74, 6) is -0.378. The van der Waals surface area contributed by atoms with Gasteiger partial charge in [-0.3, -0.25) is 15.0 Å². The average Bonchev–Trinajstić information content (AvgIpc) is 3.30. The first kappa shape index (κ1) is 23.4. The summed E-state index contributed by atoms with van der Waals surface area (Å²) < 4.78 is 44.8. The Labute approximate surface area is 203 Å². The highest BCUT2D eigenvalue weighted by Gasteiger charge is 2.30. The van der Waals surface area contributed by atoms with Gasteiger partial charge in [0, 0.05) is 36.0 Å². The van der Waals surface area contributed by atoms with E-state index in [9.17, 15) is 18.0 Å². The number of amides is 1.